The number of benzene rings is 2. The number of carbonyl (C=O) groups excluding carboxylic acids is 2. The number of thioether (sulfide) groups is 1. The first-order valence-corrected chi connectivity index (χ1v) is 12.7. The SMILES string of the molecule is COc1cccc(C(=S)N(C)NC(=O)C(C)C(=O)NN(C)C2SC2c2cccc(OC)c2OC)c1OC. The van der Waals surface area contributed by atoms with Crippen LogP contribution in [0.1, 0.15) is 23.3 Å². The molecule has 0 aromatic heterocycles. The molecule has 0 bridgehead atoms. The average Bonchev–Trinajstić information content (AvgIpc) is 3.71. The number of hydrogen-bond donors (Lipinski definition) is 2. The Hall–Kier alpha value is -3.22. The Morgan fingerprint density at radius 3 is 2.05 bits per heavy atom. The zero-order chi connectivity index (χ0) is 27.3. The van der Waals surface area contributed by atoms with Crippen LogP contribution in [-0.2, 0) is 9.59 Å². The van der Waals surface area contributed by atoms with Gasteiger partial charge in [0.1, 0.15) is 10.9 Å². The molecule has 2 amide bonds. The quantitative estimate of drug-likeness (QED) is 0.199. The van der Waals surface area contributed by atoms with Gasteiger partial charge in [-0.05, 0) is 25.1 Å². The largest absolute Gasteiger partial charge is 0.493 e. The van der Waals surface area contributed by atoms with Gasteiger partial charge in [0.2, 0.25) is 5.91 Å². The highest BCUT2D eigenvalue weighted by atomic mass is 32.2. The van der Waals surface area contributed by atoms with Crippen molar-refractivity contribution in [1.82, 2.24) is 20.9 Å². The van der Waals surface area contributed by atoms with Gasteiger partial charge in [-0.2, -0.15) is 0 Å². The summed E-state index contributed by atoms with van der Waals surface area (Å²) < 4.78 is 21.7. The molecular weight excluding hydrogens is 516 g/mol. The normalized spacial score (nSPS) is 16.9. The summed E-state index contributed by atoms with van der Waals surface area (Å²) in [6.45, 7) is 1.53. The number of carbonyl (C=O) groups is 2. The van der Waals surface area contributed by atoms with E-state index >= 15 is 0 Å². The van der Waals surface area contributed by atoms with Crippen LogP contribution in [0.25, 0.3) is 0 Å². The number of amides is 2. The van der Waals surface area contributed by atoms with E-state index in [9.17, 15) is 9.59 Å². The molecule has 200 valence electrons. The number of hydrogen-bond acceptors (Lipinski definition) is 9. The highest BCUT2D eigenvalue weighted by Crippen LogP contribution is 2.58. The van der Waals surface area contributed by atoms with E-state index in [4.69, 9.17) is 31.2 Å². The Morgan fingerprint density at radius 1 is 0.892 bits per heavy atom. The molecule has 12 heteroatoms. The second-order valence-electron chi connectivity index (χ2n) is 8.22. The second-order valence-corrected chi connectivity index (χ2v) is 9.87. The fourth-order valence-corrected chi connectivity index (χ4v) is 5.08. The molecule has 1 saturated heterocycles. The Kier molecular flexibility index (Phi) is 9.46. The zero-order valence-electron chi connectivity index (χ0n) is 21.9. The van der Waals surface area contributed by atoms with E-state index in [2.05, 4.69) is 10.9 Å². The van der Waals surface area contributed by atoms with Crippen LogP contribution in [-0.4, -0.2) is 74.7 Å². The number of para-hydroxylation sites is 2. The van der Waals surface area contributed by atoms with E-state index in [1.807, 2.05) is 18.2 Å². The number of likely N-dealkylation sites (N-methyl/N-ethyl adjacent to an activating group) is 1. The molecule has 3 unspecified atom stereocenters. The van der Waals surface area contributed by atoms with Crippen molar-refractivity contribution in [2.45, 2.75) is 17.5 Å². The lowest BCUT2D eigenvalue weighted by Gasteiger charge is -2.25. The fourth-order valence-electron chi connectivity index (χ4n) is 3.76. The molecule has 0 radical (unpaired) electrons. The first-order valence-electron chi connectivity index (χ1n) is 11.4. The molecule has 3 rings (SSSR count). The number of ether oxygens (including phenoxy) is 4. The minimum absolute atomic E-state index is 0.0176. The van der Waals surface area contributed by atoms with Crippen LogP contribution in [0, 0.1) is 5.92 Å². The molecule has 1 aliphatic heterocycles. The van der Waals surface area contributed by atoms with Gasteiger partial charge in [-0.3, -0.25) is 25.4 Å². The molecule has 1 heterocycles. The van der Waals surface area contributed by atoms with Gasteiger partial charge in [0.15, 0.2) is 23.0 Å². The summed E-state index contributed by atoms with van der Waals surface area (Å²) in [5, 5.41) is 3.15. The summed E-state index contributed by atoms with van der Waals surface area (Å²) in [6, 6.07) is 11.0. The Bertz CT molecular complexity index is 1160. The van der Waals surface area contributed by atoms with Gasteiger partial charge in [0.05, 0.1) is 44.6 Å². The highest BCUT2D eigenvalue weighted by Gasteiger charge is 2.45. The van der Waals surface area contributed by atoms with Crippen LogP contribution in [0.4, 0.5) is 0 Å². The van der Waals surface area contributed by atoms with Gasteiger partial charge in [0.25, 0.3) is 5.91 Å². The van der Waals surface area contributed by atoms with Crippen LogP contribution < -0.4 is 29.8 Å². The lowest BCUT2D eigenvalue weighted by atomic mass is 10.1. The molecule has 0 aliphatic carbocycles. The summed E-state index contributed by atoms with van der Waals surface area (Å²) >= 11 is 7.19. The first-order chi connectivity index (χ1) is 17.7. The maximum absolute atomic E-state index is 12.8. The third-order valence-electron chi connectivity index (χ3n) is 5.88. The maximum atomic E-state index is 12.8. The predicted octanol–water partition coefficient (Wildman–Crippen LogP) is 2.77. The van der Waals surface area contributed by atoms with Crippen LogP contribution in [0.2, 0.25) is 0 Å². The van der Waals surface area contributed by atoms with Gasteiger partial charge >= 0.3 is 0 Å². The van der Waals surface area contributed by atoms with Crippen LogP contribution >= 0.6 is 24.0 Å². The lowest BCUT2D eigenvalue weighted by Crippen LogP contribution is -2.51. The molecule has 37 heavy (non-hydrogen) atoms. The van der Waals surface area contributed by atoms with Crippen LogP contribution in [0.5, 0.6) is 23.0 Å². The molecule has 2 aromatic carbocycles. The number of methoxy groups -OCH3 is 4. The van der Waals surface area contributed by atoms with Crippen molar-refractivity contribution >= 4 is 40.8 Å². The summed E-state index contributed by atoms with van der Waals surface area (Å²) in [6.07, 6.45) is 0. The topological polar surface area (TPSA) is 102 Å². The van der Waals surface area contributed by atoms with E-state index in [0.29, 0.717) is 33.6 Å². The summed E-state index contributed by atoms with van der Waals surface area (Å²) in [4.78, 5) is 26.0. The molecule has 0 spiro atoms. The first kappa shape index (κ1) is 28.4. The maximum Gasteiger partial charge on any atom is 0.250 e. The van der Waals surface area contributed by atoms with E-state index in [1.54, 1.807) is 63.3 Å². The Balaban J connectivity index is 1.59. The lowest BCUT2D eigenvalue weighted by molar-refractivity contribution is -0.138. The fraction of sp³-hybridized carbons (Fsp3) is 0.400. The molecular formula is C25H32N4O6S2. The van der Waals surface area contributed by atoms with E-state index in [1.165, 1.54) is 26.2 Å². The average molecular weight is 549 g/mol. The molecule has 0 saturated carbocycles. The minimum Gasteiger partial charge on any atom is -0.493 e. The van der Waals surface area contributed by atoms with Crippen LogP contribution in [0.15, 0.2) is 36.4 Å². The molecule has 10 nitrogen and oxygen atoms in total. The smallest absolute Gasteiger partial charge is 0.250 e. The monoisotopic (exact) mass is 548 g/mol. The van der Waals surface area contributed by atoms with Gasteiger partial charge in [0, 0.05) is 19.7 Å². The van der Waals surface area contributed by atoms with E-state index < -0.39 is 17.7 Å². The molecule has 1 fully saturated rings. The van der Waals surface area contributed by atoms with E-state index in [0.717, 1.165) is 5.56 Å². The van der Waals surface area contributed by atoms with Crippen molar-refractivity contribution < 1.29 is 28.5 Å². The summed E-state index contributed by atoms with van der Waals surface area (Å²) in [7, 11) is 9.60. The van der Waals surface area contributed by atoms with E-state index in [-0.39, 0.29) is 10.6 Å². The molecule has 3 atom stereocenters. The second kappa shape index (κ2) is 12.3. The third-order valence-corrected chi connectivity index (χ3v) is 7.73. The summed E-state index contributed by atoms with van der Waals surface area (Å²) in [5.74, 6) is 0.358. The van der Waals surface area contributed by atoms with Gasteiger partial charge < -0.3 is 18.9 Å². The van der Waals surface area contributed by atoms with Crippen molar-refractivity contribution in [3.8, 4) is 23.0 Å². The molecule has 2 aromatic rings. The Labute approximate surface area is 226 Å². The zero-order valence-corrected chi connectivity index (χ0v) is 23.5. The van der Waals surface area contributed by atoms with Crippen LogP contribution in [0.3, 0.4) is 0 Å². The number of nitrogens with zero attached hydrogens (tertiary/aromatic N) is 2. The minimum atomic E-state index is -0.978. The number of hydrazine groups is 2. The molecule has 2 N–H and O–H groups in total. The van der Waals surface area contributed by atoms with Gasteiger partial charge in [-0.25, -0.2) is 5.01 Å². The highest BCUT2D eigenvalue weighted by molar-refractivity contribution is 8.07. The standard InChI is InChI=1S/C25H32N4O6S2/c1-14(22(30)26-28(2)24(36)16-11-9-13-18(33-5)20(16)35-7)23(31)27-29(3)25-21(37-25)15-10-8-12-17(32-4)19(15)34-6/h8-14,21,25H,1-7H3,(H,26,30)(H,27,31). The van der Waals surface area contributed by atoms with Gasteiger partial charge in [-0.15, -0.1) is 11.8 Å². The third kappa shape index (κ3) is 6.20. The van der Waals surface area contributed by atoms with Gasteiger partial charge in [-0.1, -0.05) is 30.4 Å². The number of thiocarbonyl (C=S) groups is 1. The predicted molar refractivity (Wildman–Crippen MR) is 146 cm³/mol. The van der Waals surface area contributed by atoms with Crippen molar-refractivity contribution in [3.63, 3.8) is 0 Å². The molecule has 1 aliphatic rings. The van der Waals surface area contributed by atoms with Crippen molar-refractivity contribution in [2.75, 3.05) is 42.5 Å². The Morgan fingerprint density at radius 2 is 1.46 bits per heavy atom. The van der Waals surface area contributed by atoms with Crippen molar-refractivity contribution in [3.05, 3.63) is 47.5 Å². The summed E-state index contributed by atoms with van der Waals surface area (Å²) in [5.41, 5.74) is 7.03. The number of nitrogens with one attached hydrogen (secondary N) is 2. The van der Waals surface area contributed by atoms with Crippen molar-refractivity contribution in [2.24, 2.45) is 5.92 Å². The number of rotatable bonds is 10. The van der Waals surface area contributed by atoms with Crippen molar-refractivity contribution in [1.29, 1.82) is 0 Å².